The summed E-state index contributed by atoms with van der Waals surface area (Å²) < 4.78 is 10.4. The van der Waals surface area contributed by atoms with Gasteiger partial charge < -0.3 is 14.6 Å². The minimum absolute atomic E-state index is 0.121. The van der Waals surface area contributed by atoms with Gasteiger partial charge in [-0.2, -0.15) is 4.98 Å². The van der Waals surface area contributed by atoms with Crippen molar-refractivity contribution in [3.05, 3.63) is 64.0 Å². The number of halogens is 2. The number of anilines is 1. The molecule has 8 nitrogen and oxygen atoms in total. The summed E-state index contributed by atoms with van der Waals surface area (Å²) in [5, 5.41) is 7.76. The number of nitrogens with one attached hydrogen (secondary N) is 1. The number of hydrogen-bond donors (Lipinski definition) is 1. The van der Waals surface area contributed by atoms with Crippen molar-refractivity contribution < 1.29 is 18.8 Å². The van der Waals surface area contributed by atoms with Crippen LogP contribution < -0.4 is 5.32 Å². The third-order valence-corrected chi connectivity index (χ3v) is 6.21. The van der Waals surface area contributed by atoms with Crippen molar-refractivity contribution in [2.75, 3.05) is 25.0 Å². The first-order chi connectivity index (χ1) is 16.4. The topological polar surface area (TPSA) is 97.6 Å². The van der Waals surface area contributed by atoms with Gasteiger partial charge in [0.05, 0.1) is 34.7 Å². The lowest BCUT2D eigenvalue weighted by molar-refractivity contribution is -0.121. The van der Waals surface area contributed by atoms with Crippen LogP contribution in [0.4, 0.5) is 5.69 Å². The van der Waals surface area contributed by atoms with Crippen LogP contribution in [0.3, 0.4) is 0 Å². The van der Waals surface area contributed by atoms with Crippen molar-refractivity contribution in [2.24, 2.45) is 5.92 Å². The van der Waals surface area contributed by atoms with E-state index in [9.17, 15) is 9.59 Å². The molecule has 1 amide bonds. The number of carbonyl (C=O) groups is 2. The van der Waals surface area contributed by atoms with E-state index >= 15 is 0 Å². The molecule has 0 bridgehead atoms. The van der Waals surface area contributed by atoms with Crippen molar-refractivity contribution in [2.45, 2.75) is 26.3 Å². The number of amides is 1. The summed E-state index contributed by atoms with van der Waals surface area (Å²) in [6.07, 6.45) is 1.62. The minimum Gasteiger partial charge on any atom is -0.462 e. The average Bonchev–Trinajstić information content (AvgIpc) is 3.29. The molecule has 1 unspecified atom stereocenters. The van der Waals surface area contributed by atoms with E-state index < -0.39 is 5.97 Å². The Morgan fingerprint density at radius 3 is 2.82 bits per heavy atom. The third kappa shape index (κ3) is 5.75. The molecule has 1 aromatic heterocycles. The number of rotatable bonds is 7. The van der Waals surface area contributed by atoms with Crippen LogP contribution in [0.5, 0.6) is 0 Å². The molecule has 0 aliphatic carbocycles. The van der Waals surface area contributed by atoms with Crippen LogP contribution >= 0.6 is 23.2 Å². The highest BCUT2D eigenvalue weighted by Gasteiger charge is 2.27. The third-order valence-electron chi connectivity index (χ3n) is 5.55. The van der Waals surface area contributed by atoms with E-state index in [0.717, 1.165) is 19.4 Å². The van der Waals surface area contributed by atoms with Crippen molar-refractivity contribution in [3.63, 3.8) is 0 Å². The van der Waals surface area contributed by atoms with E-state index in [1.807, 2.05) is 18.2 Å². The Morgan fingerprint density at radius 2 is 2.03 bits per heavy atom. The number of esters is 1. The number of nitrogens with zero attached hydrogens (tertiary/aromatic N) is 3. The number of carbonyl (C=O) groups excluding carboxylic acids is 2. The highest BCUT2D eigenvalue weighted by Crippen LogP contribution is 2.27. The monoisotopic (exact) mass is 502 g/mol. The standard InChI is InChI=1S/C24H24Cl2N4O4/c1-2-33-24(32)18-12-16(9-10-20(18)26)27-23(31)15-6-5-11-30(13-15)14-21-28-22(29-34-21)17-7-3-4-8-19(17)25/h3-4,7-10,12,15H,2,5-6,11,13-14H2,1H3,(H,27,31). The van der Waals surface area contributed by atoms with Crippen LogP contribution in [0.2, 0.25) is 10.0 Å². The van der Waals surface area contributed by atoms with Crippen molar-refractivity contribution >= 4 is 40.8 Å². The molecule has 1 atom stereocenters. The molecule has 3 aromatic rings. The van der Waals surface area contributed by atoms with Gasteiger partial charge in [0.1, 0.15) is 0 Å². The molecule has 0 spiro atoms. The molecular weight excluding hydrogens is 479 g/mol. The van der Waals surface area contributed by atoms with Crippen molar-refractivity contribution in [3.8, 4) is 11.4 Å². The highest BCUT2D eigenvalue weighted by molar-refractivity contribution is 6.34. The summed E-state index contributed by atoms with van der Waals surface area (Å²) in [4.78, 5) is 31.6. The van der Waals surface area contributed by atoms with Gasteiger partial charge in [0.25, 0.3) is 0 Å². The molecular formula is C24H24Cl2N4O4. The molecule has 2 aromatic carbocycles. The normalized spacial score (nSPS) is 16.3. The fourth-order valence-corrected chi connectivity index (χ4v) is 4.30. The summed E-state index contributed by atoms with van der Waals surface area (Å²) in [5.74, 6) is 0.0357. The molecule has 1 saturated heterocycles. The molecule has 1 aliphatic rings. The van der Waals surface area contributed by atoms with Crippen LogP contribution in [-0.4, -0.2) is 46.6 Å². The fourth-order valence-electron chi connectivity index (χ4n) is 3.89. The van der Waals surface area contributed by atoms with Gasteiger partial charge in [0.15, 0.2) is 0 Å². The van der Waals surface area contributed by atoms with Crippen LogP contribution in [-0.2, 0) is 16.1 Å². The molecule has 2 heterocycles. The van der Waals surface area contributed by atoms with E-state index in [0.29, 0.717) is 41.1 Å². The lowest BCUT2D eigenvalue weighted by Crippen LogP contribution is -2.40. The molecule has 0 saturated carbocycles. The van der Waals surface area contributed by atoms with Crippen LogP contribution in [0.15, 0.2) is 47.0 Å². The van der Waals surface area contributed by atoms with Gasteiger partial charge >= 0.3 is 5.97 Å². The molecule has 0 radical (unpaired) electrons. The molecule has 4 rings (SSSR count). The first kappa shape index (κ1) is 24.2. The zero-order chi connectivity index (χ0) is 24.1. The van der Waals surface area contributed by atoms with E-state index in [1.54, 1.807) is 25.1 Å². The SMILES string of the molecule is CCOC(=O)c1cc(NC(=O)C2CCCN(Cc3nc(-c4ccccc4Cl)no3)C2)ccc1Cl. The second-order valence-electron chi connectivity index (χ2n) is 7.97. The van der Waals surface area contributed by atoms with Gasteiger partial charge in [0, 0.05) is 17.8 Å². The molecule has 34 heavy (non-hydrogen) atoms. The number of piperidine rings is 1. The fraction of sp³-hybridized carbons (Fsp3) is 0.333. The molecule has 1 fully saturated rings. The van der Waals surface area contributed by atoms with Crippen LogP contribution in [0.25, 0.3) is 11.4 Å². The summed E-state index contributed by atoms with van der Waals surface area (Å²) in [6, 6.07) is 12.1. The van der Waals surface area contributed by atoms with E-state index in [4.69, 9.17) is 32.5 Å². The molecule has 10 heteroatoms. The van der Waals surface area contributed by atoms with E-state index in [-0.39, 0.29) is 29.0 Å². The van der Waals surface area contributed by atoms with E-state index in [2.05, 4.69) is 20.4 Å². The summed E-state index contributed by atoms with van der Waals surface area (Å²) in [7, 11) is 0. The Bertz CT molecular complexity index is 1180. The zero-order valence-corrected chi connectivity index (χ0v) is 20.1. The Hall–Kier alpha value is -2.94. The van der Waals surface area contributed by atoms with E-state index in [1.165, 1.54) is 6.07 Å². The Kier molecular flexibility index (Phi) is 7.82. The van der Waals surface area contributed by atoms with Gasteiger partial charge in [-0.3, -0.25) is 9.69 Å². The summed E-state index contributed by atoms with van der Waals surface area (Å²) in [5.41, 5.74) is 1.42. The predicted octanol–water partition coefficient (Wildman–Crippen LogP) is 5.07. The molecule has 1 aliphatic heterocycles. The van der Waals surface area contributed by atoms with Gasteiger partial charge in [-0.05, 0) is 56.6 Å². The van der Waals surface area contributed by atoms with Crippen LogP contribution in [0.1, 0.15) is 36.0 Å². The number of likely N-dealkylation sites (tertiary alicyclic amines) is 1. The molecule has 178 valence electrons. The second kappa shape index (κ2) is 11.0. The Morgan fingerprint density at radius 1 is 1.21 bits per heavy atom. The Balaban J connectivity index is 1.38. The number of hydrogen-bond acceptors (Lipinski definition) is 7. The first-order valence-electron chi connectivity index (χ1n) is 11.0. The Labute approximate surface area is 207 Å². The van der Waals surface area contributed by atoms with Gasteiger partial charge in [-0.1, -0.05) is 40.5 Å². The minimum atomic E-state index is -0.525. The largest absolute Gasteiger partial charge is 0.462 e. The van der Waals surface area contributed by atoms with Gasteiger partial charge in [0.2, 0.25) is 17.6 Å². The lowest BCUT2D eigenvalue weighted by atomic mass is 9.97. The second-order valence-corrected chi connectivity index (χ2v) is 8.78. The maximum absolute atomic E-state index is 12.9. The number of aromatic nitrogens is 2. The number of ether oxygens (including phenoxy) is 1. The van der Waals surface area contributed by atoms with Crippen molar-refractivity contribution in [1.29, 1.82) is 0 Å². The average molecular weight is 503 g/mol. The lowest BCUT2D eigenvalue weighted by Gasteiger charge is -2.30. The maximum atomic E-state index is 12.9. The quantitative estimate of drug-likeness (QED) is 0.450. The molecule has 1 N–H and O–H groups in total. The predicted molar refractivity (Wildman–Crippen MR) is 129 cm³/mol. The smallest absolute Gasteiger partial charge is 0.339 e. The highest BCUT2D eigenvalue weighted by atomic mass is 35.5. The van der Waals surface area contributed by atoms with Crippen LogP contribution in [0, 0.1) is 5.92 Å². The summed E-state index contributed by atoms with van der Waals surface area (Å²) >= 11 is 12.3. The first-order valence-corrected chi connectivity index (χ1v) is 11.8. The number of benzene rings is 2. The van der Waals surface area contributed by atoms with Gasteiger partial charge in [-0.15, -0.1) is 0 Å². The van der Waals surface area contributed by atoms with Gasteiger partial charge in [-0.25, -0.2) is 4.79 Å². The zero-order valence-electron chi connectivity index (χ0n) is 18.6. The maximum Gasteiger partial charge on any atom is 0.339 e. The summed E-state index contributed by atoms with van der Waals surface area (Å²) in [6.45, 7) is 3.77. The van der Waals surface area contributed by atoms with Crippen molar-refractivity contribution in [1.82, 2.24) is 15.0 Å².